The van der Waals surface area contributed by atoms with Crippen LogP contribution in [-0.2, 0) is 15.6 Å². The summed E-state index contributed by atoms with van der Waals surface area (Å²) in [5.74, 6) is 0.335. The Balaban J connectivity index is 1.64. The summed E-state index contributed by atoms with van der Waals surface area (Å²) in [5, 5.41) is -0.219. The van der Waals surface area contributed by atoms with Gasteiger partial charge in [0, 0.05) is 17.8 Å². The average Bonchev–Trinajstić information content (AvgIpc) is 3.10. The van der Waals surface area contributed by atoms with Gasteiger partial charge in [-0.25, -0.2) is 17.8 Å². The van der Waals surface area contributed by atoms with Gasteiger partial charge in [0.25, 0.3) is 0 Å². The third kappa shape index (κ3) is 3.59. The maximum atomic E-state index is 13.3. The Morgan fingerprint density at radius 3 is 2.68 bits per heavy atom. The van der Waals surface area contributed by atoms with E-state index < -0.39 is 15.7 Å². The Morgan fingerprint density at radius 2 is 1.89 bits per heavy atom. The highest BCUT2D eigenvalue weighted by atomic mass is 32.2. The smallest absolute Gasteiger partial charge is 0.226 e. The SMILES string of the molecule is Cc1c(Oc2ccccc2)ccnc1CS(=O)(=O)c1nc2cc(F)ccc2[nH]1. The van der Waals surface area contributed by atoms with E-state index in [-0.39, 0.29) is 16.4 Å². The minimum Gasteiger partial charge on any atom is -0.457 e. The standard InChI is InChI=1S/C20H16FN3O3S/c1-13-18(22-10-9-19(13)27-15-5-3-2-4-6-15)12-28(25,26)20-23-16-8-7-14(21)11-17(16)24-20/h2-11H,12H2,1H3,(H,23,24). The van der Waals surface area contributed by atoms with Crippen molar-refractivity contribution in [3.63, 3.8) is 0 Å². The monoisotopic (exact) mass is 397 g/mol. The molecule has 2 aromatic heterocycles. The first-order chi connectivity index (χ1) is 13.4. The Morgan fingerprint density at radius 1 is 1.11 bits per heavy atom. The number of ether oxygens (including phenoxy) is 1. The minimum absolute atomic E-state index is 0.219. The van der Waals surface area contributed by atoms with Gasteiger partial charge in [0.2, 0.25) is 15.0 Å². The minimum atomic E-state index is -3.81. The molecule has 8 heteroatoms. The first-order valence-electron chi connectivity index (χ1n) is 8.48. The molecule has 0 unspecified atom stereocenters. The Kier molecular flexibility index (Phi) is 4.56. The first-order valence-corrected chi connectivity index (χ1v) is 10.1. The summed E-state index contributed by atoms with van der Waals surface area (Å²) in [7, 11) is -3.81. The molecule has 0 aliphatic carbocycles. The maximum absolute atomic E-state index is 13.3. The molecule has 0 saturated carbocycles. The number of aromatic nitrogens is 3. The fraction of sp³-hybridized carbons (Fsp3) is 0.100. The summed E-state index contributed by atoms with van der Waals surface area (Å²) >= 11 is 0. The molecule has 28 heavy (non-hydrogen) atoms. The van der Waals surface area contributed by atoms with Crippen LogP contribution in [0.15, 0.2) is 66.0 Å². The van der Waals surface area contributed by atoms with Crippen molar-refractivity contribution in [1.29, 1.82) is 0 Å². The van der Waals surface area contributed by atoms with Crippen LogP contribution in [0.1, 0.15) is 11.3 Å². The lowest BCUT2D eigenvalue weighted by Crippen LogP contribution is -2.10. The van der Waals surface area contributed by atoms with Crippen LogP contribution >= 0.6 is 0 Å². The molecule has 1 N–H and O–H groups in total. The van der Waals surface area contributed by atoms with E-state index in [1.165, 1.54) is 24.4 Å². The number of hydrogen-bond donors (Lipinski definition) is 1. The van der Waals surface area contributed by atoms with Crippen LogP contribution in [0, 0.1) is 12.7 Å². The van der Waals surface area contributed by atoms with Gasteiger partial charge in [0.15, 0.2) is 0 Å². The van der Waals surface area contributed by atoms with Crippen LogP contribution in [-0.4, -0.2) is 23.4 Å². The highest BCUT2D eigenvalue weighted by Crippen LogP contribution is 2.27. The van der Waals surface area contributed by atoms with Crippen LogP contribution < -0.4 is 4.74 Å². The molecule has 0 aliphatic heterocycles. The van der Waals surface area contributed by atoms with Gasteiger partial charge >= 0.3 is 0 Å². The van der Waals surface area contributed by atoms with E-state index >= 15 is 0 Å². The Bertz CT molecular complexity index is 1250. The van der Waals surface area contributed by atoms with E-state index in [0.717, 1.165) is 0 Å². The molecule has 0 saturated heterocycles. The highest BCUT2D eigenvalue weighted by molar-refractivity contribution is 7.90. The number of benzene rings is 2. The molecule has 2 aromatic carbocycles. The van der Waals surface area contributed by atoms with Gasteiger partial charge in [-0.15, -0.1) is 0 Å². The second-order valence-electron chi connectivity index (χ2n) is 6.26. The molecular weight excluding hydrogens is 381 g/mol. The molecule has 4 rings (SSSR count). The number of sulfone groups is 1. The number of nitrogens with one attached hydrogen (secondary N) is 1. The summed E-state index contributed by atoms with van der Waals surface area (Å²) < 4.78 is 44.8. The molecular formula is C20H16FN3O3S. The lowest BCUT2D eigenvalue weighted by molar-refractivity contribution is 0.477. The fourth-order valence-electron chi connectivity index (χ4n) is 2.78. The maximum Gasteiger partial charge on any atom is 0.226 e. The van der Waals surface area contributed by atoms with E-state index in [1.54, 1.807) is 13.0 Å². The van der Waals surface area contributed by atoms with Crippen molar-refractivity contribution in [3.05, 3.63) is 77.9 Å². The topological polar surface area (TPSA) is 84.9 Å². The zero-order valence-corrected chi connectivity index (χ0v) is 15.7. The third-order valence-electron chi connectivity index (χ3n) is 4.27. The molecule has 0 bridgehead atoms. The van der Waals surface area contributed by atoms with Gasteiger partial charge in [0.1, 0.15) is 23.1 Å². The molecule has 0 fully saturated rings. The van der Waals surface area contributed by atoms with Gasteiger partial charge in [-0.2, -0.15) is 0 Å². The van der Waals surface area contributed by atoms with E-state index in [2.05, 4.69) is 15.0 Å². The number of H-pyrrole nitrogens is 1. The van der Waals surface area contributed by atoms with Crippen LogP contribution in [0.5, 0.6) is 11.5 Å². The lowest BCUT2D eigenvalue weighted by atomic mass is 10.2. The van der Waals surface area contributed by atoms with Crippen LogP contribution in [0.2, 0.25) is 0 Å². The predicted octanol–water partition coefficient (Wildman–Crippen LogP) is 4.17. The van der Waals surface area contributed by atoms with E-state index in [9.17, 15) is 12.8 Å². The van der Waals surface area contributed by atoms with Crippen molar-refractivity contribution < 1.29 is 17.5 Å². The highest BCUT2D eigenvalue weighted by Gasteiger charge is 2.23. The van der Waals surface area contributed by atoms with Crippen LogP contribution in [0.25, 0.3) is 11.0 Å². The molecule has 0 atom stereocenters. The van der Waals surface area contributed by atoms with E-state index in [0.29, 0.717) is 28.3 Å². The number of aromatic amines is 1. The largest absolute Gasteiger partial charge is 0.457 e. The summed E-state index contributed by atoms with van der Waals surface area (Å²) in [6.07, 6.45) is 1.50. The predicted molar refractivity (Wildman–Crippen MR) is 102 cm³/mol. The number of hydrogen-bond acceptors (Lipinski definition) is 5. The van der Waals surface area contributed by atoms with Gasteiger partial charge in [-0.3, -0.25) is 4.98 Å². The summed E-state index contributed by atoms with van der Waals surface area (Å²) in [6, 6.07) is 14.8. The number of para-hydroxylation sites is 1. The van der Waals surface area contributed by atoms with Crippen LogP contribution in [0.4, 0.5) is 4.39 Å². The zero-order chi connectivity index (χ0) is 19.7. The summed E-state index contributed by atoms with van der Waals surface area (Å²) in [4.78, 5) is 10.9. The molecule has 2 heterocycles. The first kappa shape index (κ1) is 18.1. The van der Waals surface area contributed by atoms with Crippen molar-refractivity contribution in [1.82, 2.24) is 15.0 Å². The lowest BCUT2D eigenvalue weighted by Gasteiger charge is -2.11. The van der Waals surface area contributed by atoms with E-state index in [4.69, 9.17) is 4.74 Å². The molecule has 0 amide bonds. The molecule has 4 aromatic rings. The zero-order valence-electron chi connectivity index (χ0n) is 14.9. The van der Waals surface area contributed by atoms with Gasteiger partial charge < -0.3 is 9.72 Å². The fourth-order valence-corrected chi connectivity index (χ4v) is 4.07. The number of rotatable bonds is 5. The molecule has 0 spiro atoms. The van der Waals surface area contributed by atoms with Gasteiger partial charge in [-0.05, 0) is 37.3 Å². The van der Waals surface area contributed by atoms with Crippen LogP contribution in [0.3, 0.4) is 0 Å². The quantitative estimate of drug-likeness (QED) is 0.546. The van der Waals surface area contributed by atoms with Gasteiger partial charge in [-0.1, -0.05) is 18.2 Å². The third-order valence-corrected chi connectivity index (χ3v) is 5.71. The van der Waals surface area contributed by atoms with Crippen molar-refractivity contribution in [2.45, 2.75) is 17.8 Å². The summed E-state index contributed by atoms with van der Waals surface area (Å²) in [6.45, 7) is 1.75. The molecule has 6 nitrogen and oxygen atoms in total. The molecule has 0 radical (unpaired) electrons. The Hall–Kier alpha value is -3.26. The molecule has 0 aliphatic rings. The number of nitrogens with zero attached hydrogens (tertiary/aromatic N) is 2. The second kappa shape index (κ2) is 7.05. The summed E-state index contributed by atoms with van der Waals surface area (Å²) in [5.41, 5.74) is 1.69. The Labute approximate surface area is 161 Å². The normalized spacial score (nSPS) is 11.6. The number of halogens is 1. The average molecular weight is 397 g/mol. The number of pyridine rings is 1. The number of fused-ring (bicyclic) bond motifs is 1. The van der Waals surface area contributed by atoms with Crippen molar-refractivity contribution in [2.75, 3.05) is 0 Å². The van der Waals surface area contributed by atoms with Crippen molar-refractivity contribution in [2.24, 2.45) is 0 Å². The van der Waals surface area contributed by atoms with E-state index in [1.807, 2.05) is 30.3 Å². The van der Waals surface area contributed by atoms with Crippen molar-refractivity contribution >= 4 is 20.9 Å². The number of imidazole rings is 1. The van der Waals surface area contributed by atoms with Crippen molar-refractivity contribution in [3.8, 4) is 11.5 Å². The van der Waals surface area contributed by atoms with Gasteiger partial charge in [0.05, 0.1) is 16.7 Å². The molecule has 142 valence electrons. The second-order valence-corrected chi connectivity index (χ2v) is 8.16.